The first-order chi connectivity index (χ1) is 7.90. The third kappa shape index (κ3) is 2.71. The predicted molar refractivity (Wildman–Crippen MR) is 76.2 cm³/mol. The summed E-state index contributed by atoms with van der Waals surface area (Å²) in [5.74, 6) is 0. The van der Waals surface area contributed by atoms with Crippen LogP contribution in [0.15, 0.2) is 12.1 Å². The molecular weight excluding hydrogens is 253 g/mol. The third-order valence-electron chi connectivity index (χ3n) is 3.84. The molecule has 0 aromatic heterocycles. The SMILES string of the molecule is Cc1cc(Cl)c(NC2CCCC2(C)C)cc1Cl. The zero-order valence-electron chi connectivity index (χ0n) is 10.6. The molecule has 1 aliphatic rings. The summed E-state index contributed by atoms with van der Waals surface area (Å²) in [5.41, 5.74) is 2.32. The molecule has 1 aliphatic carbocycles. The standard InChI is InChI=1S/C14H19Cl2N/c1-9-7-11(16)12(8-10(9)15)17-13-5-4-6-14(13,2)3/h7-8,13,17H,4-6H2,1-3H3. The average molecular weight is 272 g/mol. The summed E-state index contributed by atoms with van der Waals surface area (Å²) in [6.07, 6.45) is 3.75. The van der Waals surface area contributed by atoms with Gasteiger partial charge in [0.2, 0.25) is 0 Å². The molecule has 3 heteroatoms. The maximum atomic E-state index is 6.25. The molecule has 17 heavy (non-hydrogen) atoms. The van der Waals surface area contributed by atoms with Crippen molar-refractivity contribution in [3.63, 3.8) is 0 Å². The Kier molecular flexibility index (Phi) is 3.61. The van der Waals surface area contributed by atoms with E-state index in [1.165, 1.54) is 19.3 Å². The molecule has 0 saturated heterocycles. The number of aryl methyl sites for hydroxylation is 1. The summed E-state index contributed by atoms with van der Waals surface area (Å²) in [7, 11) is 0. The van der Waals surface area contributed by atoms with Gasteiger partial charge in [-0.1, -0.05) is 43.5 Å². The molecule has 1 aromatic carbocycles. The summed E-state index contributed by atoms with van der Waals surface area (Å²) >= 11 is 12.4. The molecule has 1 atom stereocenters. The molecule has 1 fully saturated rings. The number of rotatable bonds is 2. The summed E-state index contributed by atoms with van der Waals surface area (Å²) in [6, 6.07) is 4.35. The van der Waals surface area contributed by atoms with Crippen LogP contribution >= 0.6 is 23.2 Å². The van der Waals surface area contributed by atoms with Crippen molar-refractivity contribution in [3.05, 3.63) is 27.7 Å². The maximum Gasteiger partial charge on any atom is 0.0641 e. The van der Waals surface area contributed by atoms with Crippen molar-refractivity contribution in [3.8, 4) is 0 Å². The quantitative estimate of drug-likeness (QED) is 0.771. The van der Waals surface area contributed by atoms with Crippen LogP contribution in [0.1, 0.15) is 38.7 Å². The van der Waals surface area contributed by atoms with Crippen molar-refractivity contribution in [2.75, 3.05) is 5.32 Å². The van der Waals surface area contributed by atoms with Gasteiger partial charge < -0.3 is 5.32 Å². The van der Waals surface area contributed by atoms with Gasteiger partial charge in [0.25, 0.3) is 0 Å². The Morgan fingerprint density at radius 3 is 2.53 bits per heavy atom. The van der Waals surface area contributed by atoms with E-state index in [9.17, 15) is 0 Å². The smallest absolute Gasteiger partial charge is 0.0641 e. The van der Waals surface area contributed by atoms with Gasteiger partial charge in [-0.05, 0) is 42.9 Å². The summed E-state index contributed by atoms with van der Waals surface area (Å²) in [4.78, 5) is 0. The minimum Gasteiger partial charge on any atom is -0.381 e. The Morgan fingerprint density at radius 1 is 1.24 bits per heavy atom. The lowest BCUT2D eigenvalue weighted by Gasteiger charge is -2.29. The van der Waals surface area contributed by atoms with Crippen LogP contribution < -0.4 is 5.32 Å². The van der Waals surface area contributed by atoms with Crippen molar-refractivity contribution in [1.29, 1.82) is 0 Å². The van der Waals surface area contributed by atoms with E-state index < -0.39 is 0 Å². The van der Waals surface area contributed by atoms with Crippen LogP contribution in [0.25, 0.3) is 0 Å². The number of hydrogen-bond acceptors (Lipinski definition) is 1. The van der Waals surface area contributed by atoms with Gasteiger partial charge in [-0.2, -0.15) is 0 Å². The monoisotopic (exact) mass is 271 g/mol. The zero-order valence-corrected chi connectivity index (χ0v) is 12.1. The van der Waals surface area contributed by atoms with E-state index in [0.717, 1.165) is 21.3 Å². The minimum atomic E-state index is 0.334. The first kappa shape index (κ1) is 13.0. The van der Waals surface area contributed by atoms with Gasteiger partial charge in [0, 0.05) is 11.1 Å². The van der Waals surface area contributed by atoms with Crippen LogP contribution in [0, 0.1) is 12.3 Å². The number of hydrogen-bond donors (Lipinski definition) is 1. The fraction of sp³-hybridized carbons (Fsp3) is 0.571. The molecule has 0 spiro atoms. The largest absolute Gasteiger partial charge is 0.381 e. The fourth-order valence-electron chi connectivity index (χ4n) is 2.54. The van der Waals surface area contributed by atoms with Gasteiger partial charge in [-0.3, -0.25) is 0 Å². The molecule has 1 nitrogen and oxygen atoms in total. The average Bonchev–Trinajstić information content (AvgIpc) is 2.55. The third-order valence-corrected chi connectivity index (χ3v) is 4.56. The van der Waals surface area contributed by atoms with Crippen molar-refractivity contribution < 1.29 is 0 Å². The van der Waals surface area contributed by atoms with Crippen LogP contribution in [-0.4, -0.2) is 6.04 Å². The second-order valence-electron chi connectivity index (χ2n) is 5.66. The van der Waals surface area contributed by atoms with Crippen LogP contribution in [0.2, 0.25) is 10.0 Å². The van der Waals surface area contributed by atoms with Crippen LogP contribution in [0.4, 0.5) is 5.69 Å². The van der Waals surface area contributed by atoms with Gasteiger partial charge in [0.15, 0.2) is 0 Å². The Bertz CT molecular complexity index is 426. The highest BCUT2D eigenvalue weighted by Gasteiger charge is 2.34. The molecule has 94 valence electrons. The normalized spacial score (nSPS) is 22.8. The van der Waals surface area contributed by atoms with Crippen molar-refractivity contribution in [1.82, 2.24) is 0 Å². The molecule has 0 heterocycles. The lowest BCUT2D eigenvalue weighted by Crippen LogP contribution is -2.30. The van der Waals surface area contributed by atoms with E-state index in [0.29, 0.717) is 11.5 Å². The highest BCUT2D eigenvalue weighted by atomic mass is 35.5. The van der Waals surface area contributed by atoms with E-state index in [1.807, 2.05) is 19.1 Å². The summed E-state index contributed by atoms with van der Waals surface area (Å²) in [5, 5.41) is 5.08. The molecule has 0 radical (unpaired) electrons. The number of benzene rings is 1. The van der Waals surface area contributed by atoms with Gasteiger partial charge >= 0.3 is 0 Å². The molecule has 0 bridgehead atoms. The molecule has 1 unspecified atom stereocenters. The van der Waals surface area contributed by atoms with Crippen molar-refractivity contribution >= 4 is 28.9 Å². The predicted octanol–water partition coefficient (Wildman–Crippen LogP) is 5.29. The number of halogens is 2. The van der Waals surface area contributed by atoms with Crippen molar-refractivity contribution in [2.45, 2.75) is 46.1 Å². The lowest BCUT2D eigenvalue weighted by atomic mass is 9.87. The minimum absolute atomic E-state index is 0.334. The lowest BCUT2D eigenvalue weighted by molar-refractivity contribution is 0.350. The first-order valence-corrected chi connectivity index (χ1v) is 6.88. The van der Waals surface area contributed by atoms with Crippen LogP contribution in [0.3, 0.4) is 0 Å². The molecule has 1 saturated carbocycles. The molecule has 1 N–H and O–H groups in total. The van der Waals surface area contributed by atoms with Crippen molar-refractivity contribution in [2.24, 2.45) is 5.41 Å². The fourth-order valence-corrected chi connectivity index (χ4v) is 2.98. The van der Waals surface area contributed by atoms with E-state index >= 15 is 0 Å². The van der Waals surface area contributed by atoms with E-state index in [2.05, 4.69) is 19.2 Å². The number of nitrogens with one attached hydrogen (secondary N) is 1. The zero-order chi connectivity index (χ0) is 12.6. The Balaban J connectivity index is 2.22. The Morgan fingerprint density at radius 2 is 1.94 bits per heavy atom. The molecule has 2 rings (SSSR count). The molecule has 0 aliphatic heterocycles. The second-order valence-corrected chi connectivity index (χ2v) is 6.47. The maximum absolute atomic E-state index is 6.25. The Hall–Kier alpha value is -0.400. The number of anilines is 1. The van der Waals surface area contributed by atoms with Gasteiger partial charge in [-0.25, -0.2) is 0 Å². The van der Waals surface area contributed by atoms with Gasteiger partial charge in [-0.15, -0.1) is 0 Å². The van der Waals surface area contributed by atoms with E-state index in [4.69, 9.17) is 23.2 Å². The topological polar surface area (TPSA) is 12.0 Å². The van der Waals surface area contributed by atoms with E-state index in [1.54, 1.807) is 0 Å². The van der Waals surface area contributed by atoms with Crippen LogP contribution in [-0.2, 0) is 0 Å². The highest BCUT2D eigenvalue weighted by molar-refractivity contribution is 6.35. The Labute approximate surface area is 114 Å². The molecular formula is C14H19Cl2N. The first-order valence-electron chi connectivity index (χ1n) is 6.12. The van der Waals surface area contributed by atoms with Gasteiger partial charge in [0.1, 0.15) is 0 Å². The second kappa shape index (κ2) is 4.70. The van der Waals surface area contributed by atoms with Gasteiger partial charge in [0.05, 0.1) is 10.7 Å². The molecule has 0 amide bonds. The summed E-state index contributed by atoms with van der Waals surface area (Å²) < 4.78 is 0. The van der Waals surface area contributed by atoms with E-state index in [-0.39, 0.29) is 0 Å². The summed E-state index contributed by atoms with van der Waals surface area (Å²) in [6.45, 7) is 6.58. The molecule has 1 aromatic rings. The highest BCUT2D eigenvalue weighted by Crippen LogP contribution is 2.40. The van der Waals surface area contributed by atoms with Crippen LogP contribution in [0.5, 0.6) is 0 Å².